The molecule has 0 atom stereocenters. The highest BCUT2D eigenvalue weighted by molar-refractivity contribution is 7.99. The van der Waals surface area contributed by atoms with Crippen LogP contribution in [0.4, 0.5) is 5.88 Å². The fourth-order valence-electron chi connectivity index (χ4n) is 2.69. The Labute approximate surface area is 136 Å². The Kier molecular flexibility index (Phi) is 5.40. The van der Waals surface area contributed by atoms with E-state index in [0.29, 0.717) is 0 Å². The summed E-state index contributed by atoms with van der Waals surface area (Å²) < 4.78 is 5.75. The first-order chi connectivity index (χ1) is 10.9. The first kappa shape index (κ1) is 15.4. The minimum atomic E-state index is 0.806. The monoisotopic (exact) mass is 317 g/mol. The summed E-state index contributed by atoms with van der Waals surface area (Å²) in [6, 6.07) is 10.3. The van der Waals surface area contributed by atoms with Gasteiger partial charge in [-0.05, 0) is 13.0 Å². The molecular weight excluding hydrogens is 294 g/mol. The summed E-state index contributed by atoms with van der Waals surface area (Å²) in [4.78, 5) is 2.33. The average Bonchev–Trinajstić information content (AvgIpc) is 3.01. The molecule has 1 N–H and O–H groups in total. The summed E-state index contributed by atoms with van der Waals surface area (Å²) in [5.41, 5.74) is 3.28. The number of nitrogens with one attached hydrogen (secondary N) is 1. The van der Waals surface area contributed by atoms with Gasteiger partial charge in [0.15, 0.2) is 0 Å². The normalized spacial score (nSPS) is 15.2. The summed E-state index contributed by atoms with van der Waals surface area (Å²) in [5, 5.41) is 7.87. The van der Waals surface area contributed by atoms with Crippen LogP contribution in [0.15, 0.2) is 34.9 Å². The van der Waals surface area contributed by atoms with Crippen molar-refractivity contribution in [1.29, 1.82) is 0 Å². The van der Waals surface area contributed by atoms with Crippen LogP contribution in [-0.4, -0.2) is 36.3 Å². The zero-order chi connectivity index (χ0) is 15.2. The lowest BCUT2D eigenvalue weighted by Gasteiger charge is -2.26. The second kappa shape index (κ2) is 7.70. The molecule has 0 bridgehead atoms. The maximum absolute atomic E-state index is 5.75. The third kappa shape index (κ3) is 3.47. The van der Waals surface area contributed by atoms with Crippen molar-refractivity contribution in [3.63, 3.8) is 0 Å². The first-order valence-electron chi connectivity index (χ1n) is 7.97. The molecule has 1 aliphatic heterocycles. The van der Waals surface area contributed by atoms with Gasteiger partial charge in [0.1, 0.15) is 5.69 Å². The average molecular weight is 317 g/mol. The number of nitrogens with zero attached hydrogens (tertiary/aromatic N) is 2. The van der Waals surface area contributed by atoms with Crippen LogP contribution in [0.2, 0.25) is 0 Å². The quantitative estimate of drug-likeness (QED) is 0.827. The Hall–Kier alpha value is -1.46. The lowest BCUT2D eigenvalue weighted by molar-refractivity contribution is 0.418. The van der Waals surface area contributed by atoms with E-state index < -0.39 is 0 Å². The highest BCUT2D eigenvalue weighted by Crippen LogP contribution is 2.32. The van der Waals surface area contributed by atoms with Crippen LogP contribution in [0.25, 0.3) is 11.3 Å². The van der Waals surface area contributed by atoms with Crippen molar-refractivity contribution in [2.45, 2.75) is 19.9 Å². The lowest BCUT2D eigenvalue weighted by Crippen LogP contribution is -2.33. The molecule has 5 heteroatoms. The molecule has 2 heterocycles. The van der Waals surface area contributed by atoms with E-state index in [4.69, 9.17) is 4.52 Å². The van der Waals surface area contributed by atoms with Gasteiger partial charge in [-0.2, -0.15) is 11.8 Å². The molecule has 0 amide bonds. The van der Waals surface area contributed by atoms with E-state index in [2.05, 4.69) is 34.4 Å². The number of hydrogen-bond acceptors (Lipinski definition) is 5. The van der Waals surface area contributed by atoms with Crippen LogP contribution < -0.4 is 10.2 Å². The molecule has 1 aromatic heterocycles. The van der Waals surface area contributed by atoms with Crippen LogP contribution in [0.3, 0.4) is 0 Å². The largest absolute Gasteiger partial charge is 0.339 e. The lowest BCUT2D eigenvalue weighted by atomic mass is 10.1. The maximum atomic E-state index is 5.75. The van der Waals surface area contributed by atoms with Crippen LogP contribution in [0.5, 0.6) is 0 Å². The molecule has 118 valence electrons. The van der Waals surface area contributed by atoms with Crippen molar-refractivity contribution < 1.29 is 4.52 Å². The second-order valence-corrected chi connectivity index (χ2v) is 6.68. The second-order valence-electron chi connectivity index (χ2n) is 5.46. The van der Waals surface area contributed by atoms with Crippen molar-refractivity contribution in [1.82, 2.24) is 10.5 Å². The van der Waals surface area contributed by atoms with E-state index in [-0.39, 0.29) is 0 Å². The van der Waals surface area contributed by atoms with E-state index in [1.807, 2.05) is 30.0 Å². The number of benzene rings is 1. The van der Waals surface area contributed by atoms with Gasteiger partial charge in [0.25, 0.3) is 0 Å². The molecule has 1 saturated heterocycles. The van der Waals surface area contributed by atoms with Crippen molar-refractivity contribution in [3.05, 3.63) is 35.9 Å². The predicted molar refractivity (Wildman–Crippen MR) is 93.5 cm³/mol. The van der Waals surface area contributed by atoms with Gasteiger partial charge in [0, 0.05) is 36.7 Å². The van der Waals surface area contributed by atoms with Gasteiger partial charge in [-0.25, -0.2) is 0 Å². The van der Waals surface area contributed by atoms with Crippen LogP contribution in [0, 0.1) is 0 Å². The van der Waals surface area contributed by atoms with Crippen molar-refractivity contribution in [2.24, 2.45) is 0 Å². The van der Waals surface area contributed by atoms with Crippen molar-refractivity contribution in [2.75, 3.05) is 36.0 Å². The van der Waals surface area contributed by atoms with Gasteiger partial charge < -0.3 is 14.7 Å². The fraction of sp³-hybridized carbons (Fsp3) is 0.471. The zero-order valence-corrected chi connectivity index (χ0v) is 13.9. The highest BCUT2D eigenvalue weighted by atomic mass is 32.2. The Morgan fingerprint density at radius 2 is 2.00 bits per heavy atom. The number of thioether (sulfide) groups is 1. The van der Waals surface area contributed by atoms with Gasteiger partial charge in [0.05, 0.1) is 5.56 Å². The third-order valence-corrected chi connectivity index (χ3v) is 4.78. The summed E-state index contributed by atoms with van der Waals surface area (Å²) in [6.07, 6.45) is 1.13. The van der Waals surface area contributed by atoms with Gasteiger partial charge in [-0.1, -0.05) is 42.4 Å². The standard InChI is InChI=1S/C17H23N3OS/c1-2-8-18-13-15-16(14-6-4-3-5-7-14)19-21-17(15)20-9-11-22-12-10-20/h3-7,18H,2,8-13H2,1H3. The van der Waals surface area contributed by atoms with E-state index in [9.17, 15) is 0 Å². The minimum absolute atomic E-state index is 0.806. The molecule has 3 rings (SSSR count). The molecule has 1 aromatic carbocycles. The maximum Gasteiger partial charge on any atom is 0.232 e. The summed E-state index contributed by atoms with van der Waals surface area (Å²) in [7, 11) is 0. The smallest absolute Gasteiger partial charge is 0.232 e. The molecule has 0 unspecified atom stereocenters. The summed E-state index contributed by atoms with van der Waals surface area (Å²) >= 11 is 2.00. The van der Waals surface area contributed by atoms with Gasteiger partial charge in [-0.15, -0.1) is 0 Å². The van der Waals surface area contributed by atoms with Gasteiger partial charge >= 0.3 is 0 Å². The third-order valence-electron chi connectivity index (χ3n) is 3.84. The van der Waals surface area contributed by atoms with E-state index in [0.717, 1.165) is 61.2 Å². The molecular formula is C17H23N3OS. The Bertz CT molecular complexity index is 579. The van der Waals surface area contributed by atoms with Gasteiger partial charge in [0.2, 0.25) is 5.88 Å². The van der Waals surface area contributed by atoms with E-state index in [1.54, 1.807) is 0 Å². The molecule has 0 saturated carbocycles. The summed E-state index contributed by atoms with van der Waals surface area (Å²) in [5.74, 6) is 3.26. The number of anilines is 1. The first-order valence-corrected chi connectivity index (χ1v) is 9.13. The number of rotatable bonds is 6. The molecule has 0 radical (unpaired) electrons. The number of aromatic nitrogens is 1. The molecule has 4 nitrogen and oxygen atoms in total. The Morgan fingerprint density at radius 3 is 2.73 bits per heavy atom. The predicted octanol–water partition coefficient (Wildman–Crippen LogP) is 3.39. The minimum Gasteiger partial charge on any atom is -0.339 e. The molecule has 22 heavy (non-hydrogen) atoms. The SMILES string of the molecule is CCCNCc1c(-c2ccccc2)noc1N1CCSCC1. The Balaban J connectivity index is 1.90. The molecule has 0 aliphatic carbocycles. The topological polar surface area (TPSA) is 41.3 Å². The highest BCUT2D eigenvalue weighted by Gasteiger charge is 2.23. The van der Waals surface area contributed by atoms with Gasteiger partial charge in [-0.3, -0.25) is 0 Å². The van der Waals surface area contributed by atoms with Crippen molar-refractivity contribution in [3.8, 4) is 11.3 Å². The molecule has 2 aromatic rings. The van der Waals surface area contributed by atoms with Crippen molar-refractivity contribution >= 4 is 17.6 Å². The van der Waals surface area contributed by atoms with E-state index in [1.165, 1.54) is 5.56 Å². The zero-order valence-electron chi connectivity index (χ0n) is 13.0. The van der Waals surface area contributed by atoms with Crippen LogP contribution in [0.1, 0.15) is 18.9 Å². The van der Waals surface area contributed by atoms with E-state index >= 15 is 0 Å². The number of hydrogen-bond donors (Lipinski definition) is 1. The molecule has 1 aliphatic rings. The van der Waals surface area contributed by atoms with Crippen LogP contribution >= 0.6 is 11.8 Å². The molecule has 0 spiro atoms. The summed E-state index contributed by atoms with van der Waals surface area (Å²) in [6.45, 7) is 6.07. The fourth-order valence-corrected chi connectivity index (χ4v) is 3.59. The Morgan fingerprint density at radius 1 is 1.23 bits per heavy atom. The van der Waals surface area contributed by atoms with Crippen LogP contribution in [-0.2, 0) is 6.54 Å². The molecule has 1 fully saturated rings.